The smallest absolute Gasteiger partial charge is 0.412 e. The lowest BCUT2D eigenvalue weighted by Crippen LogP contribution is -2.70. The largest absolute Gasteiger partial charge is 0.459 e. The van der Waals surface area contributed by atoms with Crippen LogP contribution < -0.4 is 14.8 Å². The van der Waals surface area contributed by atoms with Crippen molar-refractivity contribution in [3.63, 3.8) is 0 Å². The summed E-state index contributed by atoms with van der Waals surface area (Å²) in [7, 11) is 0. The molecule has 3 N–H and O–H groups in total. The standard InChI is InChI=1S/C49H68FN3O8/c1-6-28-58-49-43(53(32-34-18-21-36(50)22-19-34)44(56)25-20-33-14-8-9-15-33)31-41(52-61-48(3,4)5)39-29-35(16-10-12-26-54)38(17-11-13-27-55)45(46(39)49)40-30-37(23-24-42(40)60-49)59-47(57)51-7-2/h6,18-19,21-24,29-30,33,35,38,43,45-46,54-55H,1,7-17,20,25-28,31-32H2,2-5H3,(H,51,57)/t35-,38+,43-,45+,46+,49+/m0/s1. The van der Waals surface area contributed by atoms with Gasteiger partial charge in [-0.05, 0) is 119 Å². The molecule has 334 valence electrons. The number of unbranched alkanes of at least 4 members (excludes halogenated alkanes) is 2. The van der Waals surface area contributed by atoms with E-state index < -0.39 is 29.4 Å². The number of carbonyl (C=O) groups excluding carboxylic acids is 2. The lowest BCUT2D eigenvalue weighted by atomic mass is 9.55. The zero-order valence-electron chi connectivity index (χ0n) is 36.7. The van der Waals surface area contributed by atoms with Crippen LogP contribution in [0.3, 0.4) is 0 Å². The number of carbonyl (C=O) groups is 2. The van der Waals surface area contributed by atoms with Gasteiger partial charge in [0.2, 0.25) is 11.7 Å². The number of allylic oxidation sites excluding steroid dienone is 1. The van der Waals surface area contributed by atoms with E-state index in [2.05, 4.69) is 18.0 Å². The molecule has 6 atom stereocenters. The van der Waals surface area contributed by atoms with Gasteiger partial charge in [0.25, 0.3) is 0 Å². The van der Waals surface area contributed by atoms with Crippen molar-refractivity contribution >= 4 is 17.7 Å². The summed E-state index contributed by atoms with van der Waals surface area (Å²) in [5.41, 5.74) is 2.62. The maximum Gasteiger partial charge on any atom is 0.412 e. The first-order chi connectivity index (χ1) is 29.4. The molecule has 0 bridgehead atoms. The number of oxime groups is 1. The fourth-order valence-corrected chi connectivity index (χ4v) is 10.1. The topological polar surface area (TPSA) is 139 Å². The van der Waals surface area contributed by atoms with E-state index in [1.54, 1.807) is 24.3 Å². The van der Waals surface area contributed by atoms with E-state index >= 15 is 4.79 Å². The molecule has 0 unspecified atom stereocenters. The summed E-state index contributed by atoms with van der Waals surface area (Å²) in [6.45, 7) is 12.6. The van der Waals surface area contributed by atoms with Gasteiger partial charge in [-0.3, -0.25) is 4.79 Å². The highest BCUT2D eigenvalue weighted by molar-refractivity contribution is 6.03. The van der Waals surface area contributed by atoms with Gasteiger partial charge < -0.3 is 39.5 Å². The number of ether oxygens (including phenoxy) is 3. The van der Waals surface area contributed by atoms with E-state index in [-0.39, 0.29) is 62.3 Å². The maximum absolute atomic E-state index is 15.1. The molecule has 12 heteroatoms. The van der Waals surface area contributed by atoms with Crippen LogP contribution in [0.4, 0.5) is 9.18 Å². The Kier molecular flexibility index (Phi) is 16.1. The minimum atomic E-state index is -1.45. The van der Waals surface area contributed by atoms with E-state index in [4.69, 9.17) is 24.2 Å². The van der Waals surface area contributed by atoms with Crippen molar-refractivity contribution in [1.82, 2.24) is 10.2 Å². The van der Waals surface area contributed by atoms with Crippen molar-refractivity contribution in [1.29, 1.82) is 0 Å². The molecule has 0 spiro atoms. The lowest BCUT2D eigenvalue weighted by molar-refractivity contribution is -0.258. The Labute approximate surface area is 361 Å². The predicted molar refractivity (Wildman–Crippen MR) is 234 cm³/mol. The normalized spacial score (nSPS) is 25.2. The maximum atomic E-state index is 15.1. The monoisotopic (exact) mass is 845 g/mol. The van der Waals surface area contributed by atoms with Gasteiger partial charge in [-0.25, -0.2) is 9.18 Å². The van der Waals surface area contributed by atoms with E-state index in [1.807, 2.05) is 44.7 Å². The number of aliphatic hydroxyl groups is 2. The number of nitrogens with one attached hydrogen (secondary N) is 1. The Bertz CT molecular complexity index is 1850. The number of amides is 2. The fraction of sp³-hybridized carbons (Fsp3) is 0.612. The highest BCUT2D eigenvalue weighted by atomic mass is 19.1. The van der Waals surface area contributed by atoms with Crippen LogP contribution in [0.5, 0.6) is 11.5 Å². The van der Waals surface area contributed by atoms with Gasteiger partial charge in [-0.15, -0.1) is 6.58 Å². The molecule has 2 aromatic carbocycles. The summed E-state index contributed by atoms with van der Waals surface area (Å²) in [6, 6.07) is 11.0. The van der Waals surface area contributed by atoms with Crippen molar-refractivity contribution in [2.45, 2.75) is 141 Å². The first-order valence-electron chi connectivity index (χ1n) is 22.7. The molecule has 1 heterocycles. The second kappa shape index (κ2) is 21.2. The minimum absolute atomic E-state index is 0.000202. The first-order valence-corrected chi connectivity index (χ1v) is 22.7. The van der Waals surface area contributed by atoms with Crippen LogP contribution in [0, 0.1) is 29.5 Å². The van der Waals surface area contributed by atoms with Crippen LogP contribution in [0.15, 0.2) is 71.9 Å². The lowest BCUT2D eigenvalue weighted by Gasteiger charge is -2.60. The number of benzene rings is 2. The Morgan fingerprint density at radius 1 is 1.03 bits per heavy atom. The highest BCUT2D eigenvalue weighted by Crippen LogP contribution is 2.62. The molecule has 61 heavy (non-hydrogen) atoms. The molecule has 2 fully saturated rings. The Morgan fingerprint density at radius 2 is 1.75 bits per heavy atom. The zero-order valence-corrected chi connectivity index (χ0v) is 36.7. The number of rotatable bonds is 20. The number of fused-ring (bicyclic) bond motifs is 2. The molecular weight excluding hydrogens is 778 g/mol. The van der Waals surface area contributed by atoms with Crippen molar-refractivity contribution in [2.24, 2.45) is 28.8 Å². The summed E-state index contributed by atoms with van der Waals surface area (Å²) in [4.78, 5) is 36.0. The molecule has 0 radical (unpaired) electrons. The van der Waals surface area contributed by atoms with E-state index in [1.165, 1.54) is 25.0 Å². The third kappa shape index (κ3) is 11.2. The van der Waals surface area contributed by atoms with E-state index in [9.17, 15) is 19.4 Å². The highest BCUT2D eigenvalue weighted by Gasteiger charge is 2.65. The third-order valence-electron chi connectivity index (χ3n) is 12.8. The van der Waals surface area contributed by atoms with Gasteiger partial charge in [0.05, 0.1) is 18.2 Å². The van der Waals surface area contributed by atoms with Gasteiger partial charge in [-0.2, -0.15) is 0 Å². The molecule has 4 aliphatic rings. The molecule has 2 saturated carbocycles. The molecule has 6 rings (SSSR count). The van der Waals surface area contributed by atoms with Crippen LogP contribution in [0.1, 0.15) is 128 Å². The molecule has 2 amide bonds. The Balaban J connectivity index is 1.59. The van der Waals surface area contributed by atoms with Gasteiger partial charge in [0.15, 0.2) is 0 Å². The summed E-state index contributed by atoms with van der Waals surface area (Å²) < 4.78 is 34.6. The van der Waals surface area contributed by atoms with Crippen LogP contribution >= 0.6 is 0 Å². The summed E-state index contributed by atoms with van der Waals surface area (Å²) in [5, 5.41) is 27.5. The van der Waals surface area contributed by atoms with Crippen molar-refractivity contribution in [3.8, 4) is 11.5 Å². The molecule has 2 aromatic rings. The van der Waals surface area contributed by atoms with Gasteiger partial charge >= 0.3 is 6.09 Å². The number of aliphatic hydroxyl groups excluding tert-OH is 2. The molecule has 11 nitrogen and oxygen atoms in total. The molecule has 3 aliphatic carbocycles. The SMILES string of the molecule is C=CCO[C@@]12Oc3ccc(OC(=O)NCC)cc3[C@H]3[C@H](CCCCO)[C@@H](CCCCO)C=C(C(=NOC(C)(C)C)C[C@@H]1N(Cc1ccc(F)cc1)C(=O)CCC1CCCC1)[C@H]32. The average Bonchev–Trinajstić information content (AvgIpc) is 3.76. The van der Waals surface area contributed by atoms with E-state index in [0.717, 1.165) is 61.6 Å². The molecule has 0 saturated heterocycles. The molecule has 1 aliphatic heterocycles. The minimum Gasteiger partial charge on any atom is -0.459 e. The number of halogens is 1. The number of hydrogen-bond acceptors (Lipinski definition) is 9. The van der Waals surface area contributed by atoms with E-state index in [0.29, 0.717) is 48.9 Å². The van der Waals surface area contributed by atoms with Crippen molar-refractivity contribution < 1.29 is 43.2 Å². The van der Waals surface area contributed by atoms with Crippen molar-refractivity contribution in [3.05, 3.63) is 83.7 Å². The van der Waals surface area contributed by atoms with Crippen LogP contribution in [0.2, 0.25) is 0 Å². The van der Waals surface area contributed by atoms with Crippen LogP contribution in [-0.2, 0) is 20.9 Å². The number of nitrogens with zero attached hydrogens (tertiary/aromatic N) is 2. The van der Waals surface area contributed by atoms with Crippen LogP contribution in [-0.4, -0.2) is 76.6 Å². The first kappa shape index (κ1) is 46.2. The fourth-order valence-electron chi connectivity index (χ4n) is 10.1. The third-order valence-corrected chi connectivity index (χ3v) is 12.8. The number of hydrogen-bond donors (Lipinski definition) is 3. The molecule has 0 aromatic heterocycles. The molecular formula is C49H68FN3O8. The van der Waals surface area contributed by atoms with Crippen LogP contribution in [0.25, 0.3) is 0 Å². The Hall–Kier alpha value is -4.26. The van der Waals surface area contributed by atoms with Crippen molar-refractivity contribution in [2.75, 3.05) is 26.4 Å². The average molecular weight is 846 g/mol. The Morgan fingerprint density at radius 3 is 2.43 bits per heavy atom. The summed E-state index contributed by atoms with van der Waals surface area (Å²) >= 11 is 0. The summed E-state index contributed by atoms with van der Waals surface area (Å²) in [5.74, 6) is -1.20. The van der Waals surface area contributed by atoms with Gasteiger partial charge in [-0.1, -0.05) is 68.0 Å². The summed E-state index contributed by atoms with van der Waals surface area (Å²) in [6.07, 6.45) is 13.8. The zero-order chi connectivity index (χ0) is 43.6. The van der Waals surface area contributed by atoms with Gasteiger partial charge in [0.1, 0.15) is 29.0 Å². The van der Waals surface area contributed by atoms with Gasteiger partial charge in [0, 0.05) is 50.6 Å². The second-order valence-electron chi connectivity index (χ2n) is 18.2. The predicted octanol–water partition coefficient (Wildman–Crippen LogP) is 9.37. The quantitative estimate of drug-likeness (QED) is 0.0681. The second-order valence-corrected chi connectivity index (χ2v) is 18.2.